The predicted octanol–water partition coefficient (Wildman–Crippen LogP) is 2.34. The van der Waals surface area contributed by atoms with Gasteiger partial charge in [-0.2, -0.15) is 0 Å². The smallest absolute Gasteiger partial charge is 0.330 e. The Hall–Kier alpha value is -1.32. The SMILES string of the molecule is C=C/C(=C1/CO[B]/C1=C/C=C\C)C(C=C)CN. The summed E-state index contributed by atoms with van der Waals surface area (Å²) < 4.78 is 5.38. The van der Waals surface area contributed by atoms with Gasteiger partial charge < -0.3 is 10.4 Å². The lowest BCUT2D eigenvalue weighted by molar-refractivity contribution is 0.399. The third-order valence-corrected chi connectivity index (χ3v) is 2.76. The molecule has 0 aliphatic carbocycles. The van der Waals surface area contributed by atoms with E-state index in [1.807, 2.05) is 37.3 Å². The van der Waals surface area contributed by atoms with Crippen LogP contribution in [0.1, 0.15) is 6.92 Å². The maximum absolute atomic E-state index is 5.74. The highest BCUT2D eigenvalue weighted by Crippen LogP contribution is 2.26. The molecule has 1 radical (unpaired) electrons. The van der Waals surface area contributed by atoms with E-state index in [4.69, 9.17) is 10.4 Å². The van der Waals surface area contributed by atoms with E-state index < -0.39 is 0 Å². The van der Waals surface area contributed by atoms with Crippen LogP contribution in [0.3, 0.4) is 0 Å². The summed E-state index contributed by atoms with van der Waals surface area (Å²) in [6.45, 7) is 10.8. The molecular weight excluding hydrogens is 209 g/mol. The first kappa shape index (κ1) is 13.7. The minimum Gasteiger partial charge on any atom is -0.430 e. The van der Waals surface area contributed by atoms with Gasteiger partial charge in [-0.15, -0.1) is 6.58 Å². The van der Waals surface area contributed by atoms with Gasteiger partial charge in [-0.05, 0) is 23.5 Å². The van der Waals surface area contributed by atoms with E-state index >= 15 is 0 Å². The Morgan fingerprint density at radius 1 is 1.59 bits per heavy atom. The Morgan fingerprint density at radius 2 is 2.35 bits per heavy atom. The van der Waals surface area contributed by atoms with Crippen LogP contribution in [0.25, 0.3) is 0 Å². The highest BCUT2D eigenvalue weighted by atomic mass is 16.4. The van der Waals surface area contributed by atoms with Gasteiger partial charge in [-0.1, -0.05) is 37.0 Å². The fourth-order valence-electron chi connectivity index (χ4n) is 1.81. The lowest BCUT2D eigenvalue weighted by Crippen LogP contribution is -2.15. The molecule has 2 N–H and O–H groups in total. The van der Waals surface area contributed by atoms with Gasteiger partial charge in [0.05, 0.1) is 6.61 Å². The Kier molecular flexibility index (Phi) is 5.74. The monoisotopic (exact) mass is 228 g/mol. The van der Waals surface area contributed by atoms with Crippen LogP contribution < -0.4 is 5.73 Å². The molecule has 1 heterocycles. The Bertz CT molecular complexity index is 380. The van der Waals surface area contributed by atoms with Crippen LogP contribution in [0.4, 0.5) is 0 Å². The average molecular weight is 228 g/mol. The molecular formula is C14H19BNO. The first-order chi connectivity index (χ1) is 8.28. The van der Waals surface area contributed by atoms with Crippen molar-refractivity contribution in [2.24, 2.45) is 11.7 Å². The van der Waals surface area contributed by atoms with E-state index in [1.54, 1.807) is 7.48 Å². The molecule has 1 fully saturated rings. The number of allylic oxidation sites excluding steroid dienone is 4. The lowest BCUT2D eigenvalue weighted by atomic mass is 9.80. The molecule has 1 unspecified atom stereocenters. The Labute approximate surface area is 105 Å². The van der Waals surface area contributed by atoms with Crippen LogP contribution in [0.2, 0.25) is 0 Å². The summed E-state index contributed by atoms with van der Waals surface area (Å²) in [6, 6.07) is 0. The first-order valence-corrected chi connectivity index (χ1v) is 5.74. The van der Waals surface area contributed by atoms with Crippen LogP contribution in [0.5, 0.6) is 0 Å². The van der Waals surface area contributed by atoms with Gasteiger partial charge in [0.15, 0.2) is 0 Å². The van der Waals surface area contributed by atoms with Crippen LogP contribution in [-0.4, -0.2) is 20.6 Å². The summed E-state index contributed by atoms with van der Waals surface area (Å²) >= 11 is 0. The molecule has 1 saturated heterocycles. The minimum atomic E-state index is 0.131. The molecule has 0 saturated carbocycles. The summed E-state index contributed by atoms with van der Waals surface area (Å²) in [7, 11) is 1.77. The normalized spacial score (nSPS) is 22.6. The molecule has 0 aromatic carbocycles. The number of nitrogens with two attached hydrogens (primary N) is 1. The molecule has 1 aliphatic rings. The molecule has 0 spiro atoms. The Balaban J connectivity index is 3.14. The van der Waals surface area contributed by atoms with E-state index in [0.717, 1.165) is 16.6 Å². The molecule has 2 nitrogen and oxygen atoms in total. The van der Waals surface area contributed by atoms with Crippen LogP contribution in [0, 0.1) is 5.92 Å². The summed E-state index contributed by atoms with van der Waals surface area (Å²) in [4.78, 5) is 0. The van der Waals surface area contributed by atoms with Gasteiger partial charge in [0, 0.05) is 12.5 Å². The van der Waals surface area contributed by atoms with Gasteiger partial charge in [0.1, 0.15) is 0 Å². The third-order valence-electron chi connectivity index (χ3n) is 2.76. The molecule has 0 bridgehead atoms. The van der Waals surface area contributed by atoms with Crippen molar-refractivity contribution in [2.75, 3.05) is 13.2 Å². The van der Waals surface area contributed by atoms with Crippen molar-refractivity contribution in [1.82, 2.24) is 0 Å². The summed E-state index contributed by atoms with van der Waals surface area (Å²) in [5, 5.41) is 0. The fourth-order valence-corrected chi connectivity index (χ4v) is 1.81. The van der Waals surface area contributed by atoms with Gasteiger partial charge in [-0.25, -0.2) is 0 Å². The molecule has 17 heavy (non-hydrogen) atoms. The van der Waals surface area contributed by atoms with E-state index in [1.165, 1.54) is 0 Å². The zero-order valence-electron chi connectivity index (χ0n) is 10.4. The Morgan fingerprint density at radius 3 is 2.88 bits per heavy atom. The van der Waals surface area contributed by atoms with E-state index in [9.17, 15) is 0 Å². The maximum Gasteiger partial charge on any atom is 0.330 e. The largest absolute Gasteiger partial charge is 0.430 e. The molecule has 0 amide bonds. The third kappa shape index (κ3) is 3.32. The molecule has 1 atom stereocenters. The van der Waals surface area contributed by atoms with Crippen LogP contribution in [-0.2, 0) is 4.65 Å². The van der Waals surface area contributed by atoms with E-state index in [-0.39, 0.29) is 5.92 Å². The first-order valence-electron chi connectivity index (χ1n) is 5.74. The minimum absolute atomic E-state index is 0.131. The van der Waals surface area contributed by atoms with E-state index in [0.29, 0.717) is 13.2 Å². The molecule has 89 valence electrons. The van der Waals surface area contributed by atoms with Crippen molar-refractivity contribution in [2.45, 2.75) is 6.92 Å². The zero-order chi connectivity index (χ0) is 12.7. The topological polar surface area (TPSA) is 35.2 Å². The predicted molar refractivity (Wildman–Crippen MR) is 74.6 cm³/mol. The summed E-state index contributed by atoms with van der Waals surface area (Å²) in [5.41, 5.74) is 9.07. The zero-order valence-corrected chi connectivity index (χ0v) is 10.4. The quantitative estimate of drug-likeness (QED) is 0.579. The molecule has 0 aromatic heterocycles. The van der Waals surface area contributed by atoms with Crippen molar-refractivity contribution >= 4 is 7.48 Å². The lowest BCUT2D eigenvalue weighted by Gasteiger charge is -2.15. The van der Waals surface area contributed by atoms with Crippen molar-refractivity contribution in [1.29, 1.82) is 0 Å². The van der Waals surface area contributed by atoms with Crippen molar-refractivity contribution in [3.63, 3.8) is 0 Å². The number of hydrogen-bond donors (Lipinski definition) is 1. The second-order valence-corrected chi connectivity index (χ2v) is 3.79. The standard InChI is InChI=1S/C14H19BNO/c1-4-7-8-14-13(10-17-15-14)12(6-3)11(5-2)9-16/h4-8,11H,2-3,9-10,16H2,1H3/b7-4-,13-12+,14-8+. The average Bonchev–Trinajstić information content (AvgIpc) is 2.81. The van der Waals surface area contributed by atoms with Crippen molar-refractivity contribution < 1.29 is 4.65 Å². The highest BCUT2D eigenvalue weighted by Gasteiger charge is 2.21. The molecule has 3 heteroatoms. The van der Waals surface area contributed by atoms with Crippen LogP contribution in [0.15, 0.2) is 60.2 Å². The number of rotatable bonds is 5. The second kappa shape index (κ2) is 7.10. The van der Waals surface area contributed by atoms with E-state index in [2.05, 4.69) is 13.2 Å². The second-order valence-electron chi connectivity index (χ2n) is 3.79. The number of hydrogen-bond acceptors (Lipinski definition) is 2. The highest BCUT2D eigenvalue weighted by molar-refractivity contribution is 6.41. The van der Waals surface area contributed by atoms with Crippen molar-refractivity contribution in [3.8, 4) is 0 Å². The van der Waals surface area contributed by atoms with Gasteiger partial charge in [0.25, 0.3) is 0 Å². The van der Waals surface area contributed by atoms with Gasteiger partial charge >= 0.3 is 7.48 Å². The molecule has 1 rings (SSSR count). The summed E-state index contributed by atoms with van der Waals surface area (Å²) in [5.74, 6) is 0.131. The van der Waals surface area contributed by atoms with Gasteiger partial charge in [-0.3, -0.25) is 0 Å². The maximum atomic E-state index is 5.74. The fraction of sp³-hybridized carbons (Fsp3) is 0.286. The molecule has 1 aliphatic heterocycles. The summed E-state index contributed by atoms with van der Waals surface area (Å²) in [6.07, 6.45) is 9.71. The van der Waals surface area contributed by atoms with Gasteiger partial charge in [0.2, 0.25) is 0 Å². The van der Waals surface area contributed by atoms with Crippen molar-refractivity contribution in [3.05, 3.63) is 60.2 Å². The van der Waals surface area contributed by atoms with Crippen LogP contribution >= 0.6 is 0 Å². The molecule has 0 aromatic rings.